The molecule has 0 bridgehead atoms. The molecular formula is C14H31N. The standard InChI is InChI=1S/C14H31N/c1-4-7-9-13(5-2)10-8-11-14(6-3)12-15/h13-14H,4-12,15H2,1-3H3. The van der Waals surface area contributed by atoms with Gasteiger partial charge in [-0.25, -0.2) is 0 Å². The predicted molar refractivity (Wildman–Crippen MR) is 70.0 cm³/mol. The Hall–Kier alpha value is -0.0400. The van der Waals surface area contributed by atoms with Crippen LogP contribution in [0.3, 0.4) is 0 Å². The van der Waals surface area contributed by atoms with E-state index in [2.05, 4.69) is 20.8 Å². The zero-order chi connectivity index (χ0) is 11.5. The van der Waals surface area contributed by atoms with Crippen molar-refractivity contribution in [3.8, 4) is 0 Å². The summed E-state index contributed by atoms with van der Waals surface area (Å²) in [4.78, 5) is 0. The van der Waals surface area contributed by atoms with Gasteiger partial charge in [0.15, 0.2) is 0 Å². The number of nitrogens with two attached hydrogens (primary N) is 1. The van der Waals surface area contributed by atoms with Gasteiger partial charge in [-0.05, 0) is 24.8 Å². The Kier molecular flexibility index (Phi) is 10.4. The van der Waals surface area contributed by atoms with Crippen molar-refractivity contribution >= 4 is 0 Å². The van der Waals surface area contributed by atoms with Crippen molar-refractivity contribution in [2.45, 2.75) is 72.1 Å². The molecule has 2 unspecified atom stereocenters. The molecule has 2 N–H and O–H groups in total. The second-order valence-corrected chi connectivity index (χ2v) is 4.86. The molecule has 0 fully saturated rings. The Labute approximate surface area is 96.8 Å². The van der Waals surface area contributed by atoms with E-state index in [0.717, 1.165) is 18.4 Å². The monoisotopic (exact) mass is 213 g/mol. The molecule has 0 aromatic carbocycles. The first-order valence-electron chi connectivity index (χ1n) is 6.98. The van der Waals surface area contributed by atoms with Crippen LogP contribution < -0.4 is 5.73 Å². The van der Waals surface area contributed by atoms with Crippen LogP contribution in [0.1, 0.15) is 72.1 Å². The zero-order valence-electron chi connectivity index (χ0n) is 11.1. The van der Waals surface area contributed by atoms with E-state index in [4.69, 9.17) is 5.73 Å². The smallest absolute Gasteiger partial charge is 0.00490 e. The molecule has 0 aromatic heterocycles. The molecular weight excluding hydrogens is 182 g/mol. The molecule has 1 nitrogen and oxygen atoms in total. The molecule has 0 spiro atoms. The van der Waals surface area contributed by atoms with Crippen LogP contribution in [0.5, 0.6) is 0 Å². The van der Waals surface area contributed by atoms with Crippen LogP contribution in [-0.2, 0) is 0 Å². The maximum absolute atomic E-state index is 5.71. The van der Waals surface area contributed by atoms with Crippen molar-refractivity contribution in [3.05, 3.63) is 0 Å². The molecule has 0 aliphatic rings. The second-order valence-electron chi connectivity index (χ2n) is 4.86. The highest BCUT2D eigenvalue weighted by Gasteiger charge is 2.08. The maximum Gasteiger partial charge on any atom is -0.00490 e. The van der Waals surface area contributed by atoms with Crippen molar-refractivity contribution in [2.24, 2.45) is 17.6 Å². The molecule has 1 heteroatoms. The van der Waals surface area contributed by atoms with Crippen molar-refractivity contribution in [1.29, 1.82) is 0 Å². The molecule has 0 aromatic rings. The number of hydrogen-bond donors (Lipinski definition) is 1. The fraction of sp³-hybridized carbons (Fsp3) is 1.00. The van der Waals surface area contributed by atoms with Gasteiger partial charge in [-0.2, -0.15) is 0 Å². The summed E-state index contributed by atoms with van der Waals surface area (Å²) in [5.41, 5.74) is 5.71. The largest absolute Gasteiger partial charge is 0.330 e. The Balaban J connectivity index is 3.52. The Morgan fingerprint density at radius 3 is 1.80 bits per heavy atom. The van der Waals surface area contributed by atoms with Crippen LogP contribution in [0.2, 0.25) is 0 Å². The van der Waals surface area contributed by atoms with Gasteiger partial charge in [0, 0.05) is 0 Å². The van der Waals surface area contributed by atoms with E-state index in [-0.39, 0.29) is 0 Å². The average molecular weight is 213 g/mol. The SMILES string of the molecule is CCCCC(CC)CCCC(CC)CN. The summed E-state index contributed by atoms with van der Waals surface area (Å²) in [6.45, 7) is 7.75. The van der Waals surface area contributed by atoms with Crippen molar-refractivity contribution in [2.75, 3.05) is 6.54 Å². The quantitative estimate of drug-likeness (QED) is 0.573. The molecule has 0 saturated heterocycles. The third kappa shape index (κ3) is 7.84. The zero-order valence-corrected chi connectivity index (χ0v) is 11.1. The highest BCUT2D eigenvalue weighted by molar-refractivity contribution is 4.62. The normalized spacial score (nSPS) is 15.2. The lowest BCUT2D eigenvalue weighted by molar-refractivity contribution is 0.373. The third-order valence-corrected chi connectivity index (χ3v) is 3.68. The van der Waals surface area contributed by atoms with Gasteiger partial charge in [-0.3, -0.25) is 0 Å². The van der Waals surface area contributed by atoms with Crippen molar-refractivity contribution in [1.82, 2.24) is 0 Å². The molecule has 0 amide bonds. The minimum Gasteiger partial charge on any atom is -0.330 e. The molecule has 15 heavy (non-hydrogen) atoms. The van der Waals surface area contributed by atoms with Crippen LogP contribution in [0.15, 0.2) is 0 Å². The van der Waals surface area contributed by atoms with Crippen LogP contribution in [0.4, 0.5) is 0 Å². The van der Waals surface area contributed by atoms with E-state index in [1.165, 1.54) is 51.4 Å². The molecule has 0 aliphatic carbocycles. The lowest BCUT2D eigenvalue weighted by Crippen LogP contribution is -2.13. The van der Waals surface area contributed by atoms with Gasteiger partial charge in [-0.15, -0.1) is 0 Å². The predicted octanol–water partition coefficient (Wildman–Crippen LogP) is 4.36. The Morgan fingerprint density at radius 1 is 0.800 bits per heavy atom. The fourth-order valence-electron chi connectivity index (χ4n) is 2.23. The van der Waals surface area contributed by atoms with Crippen molar-refractivity contribution in [3.63, 3.8) is 0 Å². The van der Waals surface area contributed by atoms with E-state index in [9.17, 15) is 0 Å². The molecule has 0 radical (unpaired) electrons. The Morgan fingerprint density at radius 2 is 1.33 bits per heavy atom. The minimum absolute atomic E-state index is 0.772. The second kappa shape index (κ2) is 10.5. The molecule has 0 rings (SSSR count). The molecule has 0 saturated carbocycles. The highest BCUT2D eigenvalue weighted by atomic mass is 14.5. The van der Waals surface area contributed by atoms with Crippen LogP contribution >= 0.6 is 0 Å². The maximum atomic E-state index is 5.71. The minimum atomic E-state index is 0.772. The molecule has 92 valence electrons. The van der Waals surface area contributed by atoms with Gasteiger partial charge in [0.2, 0.25) is 0 Å². The fourth-order valence-corrected chi connectivity index (χ4v) is 2.23. The van der Waals surface area contributed by atoms with Gasteiger partial charge in [0.25, 0.3) is 0 Å². The van der Waals surface area contributed by atoms with Crippen LogP contribution in [0.25, 0.3) is 0 Å². The van der Waals surface area contributed by atoms with Gasteiger partial charge in [0.05, 0.1) is 0 Å². The molecule has 2 atom stereocenters. The molecule has 0 heterocycles. The van der Waals surface area contributed by atoms with Gasteiger partial charge in [-0.1, -0.05) is 65.7 Å². The first-order chi connectivity index (χ1) is 7.28. The summed E-state index contributed by atoms with van der Waals surface area (Å²) in [5.74, 6) is 1.74. The van der Waals surface area contributed by atoms with Crippen LogP contribution in [-0.4, -0.2) is 6.54 Å². The van der Waals surface area contributed by atoms with Gasteiger partial charge < -0.3 is 5.73 Å². The lowest BCUT2D eigenvalue weighted by Gasteiger charge is -2.16. The highest BCUT2D eigenvalue weighted by Crippen LogP contribution is 2.21. The number of rotatable bonds is 10. The van der Waals surface area contributed by atoms with Gasteiger partial charge >= 0.3 is 0 Å². The first kappa shape index (κ1) is 15.0. The van der Waals surface area contributed by atoms with E-state index in [0.29, 0.717) is 0 Å². The van der Waals surface area contributed by atoms with Crippen LogP contribution in [0, 0.1) is 11.8 Å². The van der Waals surface area contributed by atoms with E-state index in [1.807, 2.05) is 0 Å². The topological polar surface area (TPSA) is 26.0 Å². The lowest BCUT2D eigenvalue weighted by atomic mass is 9.90. The summed E-state index contributed by atoms with van der Waals surface area (Å²) in [6.07, 6.45) is 11.0. The molecule has 0 aliphatic heterocycles. The van der Waals surface area contributed by atoms with Crippen molar-refractivity contribution < 1.29 is 0 Å². The average Bonchev–Trinajstić information content (AvgIpc) is 2.28. The number of hydrogen-bond acceptors (Lipinski definition) is 1. The summed E-state index contributed by atoms with van der Waals surface area (Å²) >= 11 is 0. The summed E-state index contributed by atoms with van der Waals surface area (Å²) in [5, 5.41) is 0. The number of unbranched alkanes of at least 4 members (excludes halogenated alkanes) is 1. The third-order valence-electron chi connectivity index (χ3n) is 3.68. The summed E-state index contributed by atoms with van der Waals surface area (Å²) in [6, 6.07) is 0. The summed E-state index contributed by atoms with van der Waals surface area (Å²) < 4.78 is 0. The first-order valence-corrected chi connectivity index (χ1v) is 6.98. The van der Waals surface area contributed by atoms with E-state index >= 15 is 0 Å². The summed E-state index contributed by atoms with van der Waals surface area (Å²) in [7, 11) is 0. The van der Waals surface area contributed by atoms with E-state index in [1.54, 1.807) is 0 Å². The van der Waals surface area contributed by atoms with E-state index < -0.39 is 0 Å². The van der Waals surface area contributed by atoms with Gasteiger partial charge in [0.1, 0.15) is 0 Å². The Bertz CT molecular complexity index is 119.